The first-order valence-corrected chi connectivity index (χ1v) is 12.4. The predicted molar refractivity (Wildman–Crippen MR) is 134 cm³/mol. The van der Waals surface area contributed by atoms with Gasteiger partial charge in [-0.05, 0) is 24.3 Å². The Kier molecular flexibility index (Phi) is 8.06. The molecule has 0 radical (unpaired) electrons. The number of hydrogen-bond donors (Lipinski definition) is 9. The highest BCUT2D eigenvalue weighted by atomic mass is 16.7. The molecule has 3 heterocycles. The van der Waals surface area contributed by atoms with Crippen molar-refractivity contribution in [3.8, 4) is 34.3 Å². The third-order valence-corrected chi connectivity index (χ3v) is 6.87. The zero-order chi connectivity index (χ0) is 29.6. The predicted octanol–water partition coefficient (Wildman–Crippen LogP) is -1.78. The topological polar surface area (TPSA) is 249 Å². The number of hydrogen-bond acceptors (Lipinski definition) is 15. The van der Waals surface area contributed by atoms with Crippen molar-refractivity contribution in [2.24, 2.45) is 0 Å². The minimum absolute atomic E-state index is 0.0887. The van der Waals surface area contributed by atoms with E-state index in [-0.39, 0.29) is 33.8 Å². The van der Waals surface area contributed by atoms with Gasteiger partial charge < -0.3 is 69.3 Å². The van der Waals surface area contributed by atoms with Crippen LogP contribution in [0.2, 0.25) is 0 Å². The van der Waals surface area contributed by atoms with Crippen LogP contribution in [0.3, 0.4) is 0 Å². The molecule has 2 fully saturated rings. The lowest BCUT2D eigenvalue weighted by Gasteiger charge is -2.43. The van der Waals surface area contributed by atoms with Crippen LogP contribution in [-0.2, 0) is 14.2 Å². The Hall–Kier alpha value is -3.51. The minimum atomic E-state index is -1.87. The highest BCUT2D eigenvalue weighted by Crippen LogP contribution is 2.37. The molecule has 41 heavy (non-hydrogen) atoms. The number of phenols is 3. The first kappa shape index (κ1) is 29.0. The zero-order valence-electron chi connectivity index (χ0n) is 21.0. The van der Waals surface area contributed by atoms with Crippen molar-refractivity contribution < 1.29 is 69.3 Å². The van der Waals surface area contributed by atoms with Crippen molar-refractivity contribution in [1.29, 1.82) is 0 Å². The Bertz CT molecular complexity index is 1440. The lowest BCUT2D eigenvalue weighted by atomic mass is 9.99. The molecule has 0 aliphatic carbocycles. The smallest absolute Gasteiger partial charge is 0.239 e. The Morgan fingerprint density at radius 1 is 0.829 bits per heavy atom. The lowest BCUT2D eigenvalue weighted by molar-refractivity contribution is -0.338. The van der Waals surface area contributed by atoms with Crippen molar-refractivity contribution >= 4 is 11.0 Å². The van der Waals surface area contributed by atoms with Gasteiger partial charge in [0.25, 0.3) is 0 Å². The monoisotopic (exact) mass is 580 g/mol. The molecule has 0 amide bonds. The average molecular weight is 580 g/mol. The summed E-state index contributed by atoms with van der Waals surface area (Å²) < 4.78 is 27.7. The molecule has 222 valence electrons. The van der Waals surface area contributed by atoms with E-state index in [4.69, 9.17) is 23.4 Å². The second-order valence-corrected chi connectivity index (χ2v) is 9.65. The summed E-state index contributed by atoms with van der Waals surface area (Å²) in [6, 6.07) is 7.42. The number of aromatic hydroxyl groups is 3. The van der Waals surface area contributed by atoms with E-state index in [0.717, 1.165) is 12.1 Å². The number of benzene rings is 2. The molecule has 5 rings (SSSR count). The molecule has 0 bridgehead atoms. The van der Waals surface area contributed by atoms with Gasteiger partial charge in [-0.25, -0.2) is 0 Å². The number of aliphatic hydroxyl groups is 6. The second-order valence-electron chi connectivity index (χ2n) is 9.65. The van der Waals surface area contributed by atoms with E-state index in [2.05, 4.69) is 0 Å². The fourth-order valence-electron chi connectivity index (χ4n) is 4.64. The molecule has 2 aromatic carbocycles. The molecular weight excluding hydrogens is 552 g/mol. The molecule has 3 aromatic rings. The number of phenolic OH excluding ortho intramolecular Hbond substituents is 3. The van der Waals surface area contributed by atoms with Crippen LogP contribution in [0.15, 0.2) is 45.6 Å². The van der Waals surface area contributed by atoms with E-state index in [1.54, 1.807) is 0 Å². The third kappa shape index (κ3) is 5.42. The van der Waals surface area contributed by atoms with Gasteiger partial charge in [0.1, 0.15) is 70.9 Å². The molecule has 2 aliphatic heterocycles. The number of aliphatic hydroxyl groups excluding tert-OH is 6. The van der Waals surface area contributed by atoms with Gasteiger partial charge in [0.05, 0.1) is 13.2 Å². The van der Waals surface area contributed by atoms with Crippen molar-refractivity contribution in [2.45, 2.75) is 55.3 Å². The average Bonchev–Trinajstić information content (AvgIpc) is 2.94. The summed E-state index contributed by atoms with van der Waals surface area (Å²) in [5.41, 5.74) is -0.868. The van der Waals surface area contributed by atoms with Crippen molar-refractivity contribution in [1.82, 2.24) is 0 Å². The quantitative estimate of drug-likeness (QED) is 0.156. The van der Waals surface area contributed by atoms with E-state index in [1.165, 1.54) is 24.3 Å². The molecule has 9 atom stereocenters. The first-order valence-electron chi connectivity index (χ1n) is 12.4. The molecule has 9 N–H and O–H groups in total. The molecule has 15 heteroatoms. The maximum atomic E-state index is 13.5. The van der Waals surface area contributed by atoms with Crippen molar-refractivity contribution in [3.63, 3.8) is 0 Å². The van der Waals surface area contributed by atoms with Crippen LogP contribution >= 0.6 is 0 Å². The largest absolute Gasteiger partial charge is 0.508 e. The van der Waals surface area contributed by atoms with Gasteiger partial charge in [-0.1, -0.05) is 0 Å². The van der Waals surface area contributed by atoms with Crippen molar-refractivity contribution in [3.05, 3.63) is 46.6 Å². The van der Waals surface area contributed by atoms with Gasteiger partial charge in [-0.3, -0.25) is 4.79 Å². The van der Waals surface area contributed by atoms with Crippen LogP contribution in [0.5, 0.6) is 23.0 Å². The molecule has 2 saturated heterocycles. The molecule has 15 nitrogen and oxygen atoms in total. The highest BCUT2D eigenvalue weighted by molar-refractivity contribution is 5.88. The van der Waals surface area contributed by atoms with E-state index >= 15 is 0 Å². The molecular formula is C26H28O15. The molecule has 1 aromatic heterocycles. The molecule has 0 saturated carbocycles. The van der Waals surface area contributed by atoms with E-state index < -0.39 is 85.4 Å². The Morgan fingerprint density at radius 2 is 1.51 bits per heavy atom. The summed E-state index contributed by atoms with van der Waals surface area (Å²) in [7, 11) is 0. The Labute approximate surface area is 230 Å². The summed E-state index contributed by atoms with van der Waals surface area (Å²) >= 11 is 0. The van der Waals surface area contributed by atoms with Crippen LogP contribution in [-0.4, -0.2) is 114 Å². The van der Waals surface area contributed by atoms with Gasteiger partial charge >= 0.3 is 0 Å². The van der Waals surface area contributed by atoms with E-state index in [1.807, 2.05) is 0 Å². The van der Waals surface area contributed by atoms with Gasteiger partial charge in [0, 0.05) is 17.7 Å². The third-order valence-electron chi connectivity index (χ3n) is 6.87. The fraction of sp³-hybridized carbons (Fsp3) is 0.423. The van der Waals surface area contributed by atoms with Gasteiger partial charge in [0.15, 0.2) is 12.1 Å². The van der Waals surface area contributed by atoms with Crippen LogP contribution in [0.4, 0.5) is 0 Å². The van der Waals surface area contributed by atoms with Crippen molar-refractivity contribution in [2.75, 3.05) is 13.2 Å². The summed E-state index contributed by atoms with van der Waals surface area (Å²) in [4.78, 5) is 13.5. The van der Waals surface area contributed by atoms with E-state index in [0.29, 0.717) is 0 Å². The standard InChI is InChI=1S/C26H28O15/c27-7-14-17(31)20(34)22(36)26(39-14)40-15-8-37-25(21(35)18(15)32)41-24-19(33)16-12(30)5-11(29)6-13(16)38-23(24)9-1-3-10(28)4-2-9/h1-6,14-15,17-18,20-22,25-32,34-36H,7-8H2. The Morgan fingerprint density at radius 3 is 2.20 bits per heavy atom. The minimum Gasteiger partial charge on any atom is -0.508 e. The maximum absolute atomic E-state index is 13.5. The summed E-state index contributed by atoms with van der Waals surface area (Å²) in [5.74, 6) is -1.84. The number of ether oxygens (including phenoxy) is 4. The summed E-state index contributed by atoms with van der Waals surface area (Å²) in [6.07, 6.45) is -14.7. The van der Waals surface area contributed by atoms with Crippen LogP contribution in [0.1, 0.15) is 0 Å². The lowest BCUT2D eigenvalue weighted by Crippen LogP contribution is -2.62. The Balaban J connectivity index is 1.42. The molecule has 2 aliphatic rings. The normalized spacial score (nSPS) is 32.2. The van der Waals surface area contributed by atoms with Crippen LogP contribution in [0.25, 0.3) is 22.3 Å². The molecule has 9 unspecified atom stereocenters. The van der Waals surface area contributed by atoms with E-state index in [9.17, 15) is 50.8 Å². The first-order chi connectivity index (χ1) is 19.5. The highest BCUT2D eigenvalue weighted by Gasteiger charge is 2.48. The number of rotatable bonds is 6. The summed E-state index contributed by atoms with van der Waals surface area (Å²) in [5, 5.41) is 90.5. The zero-order valence-corrected chi connectivity index (χ0v) is 21.0. The SMILES string of the molecule is O=c1c(OC2OCC(OC3OC(CO)C(O)C(O)C3O)C(O)C2O)c(-c2ccc(O)cc2)oc2cc(O)cc(O)c12. The number of fused-ring (bicyclic) bond motifs is 1. The fourth-order valence-corrected chi connectivity index (χ4v) is 4.64. The van der Waals surface area contributed by atoms with Gasteiger partial charge in [-0.2, -0.15) is 0 Å². The summed E-state index contributed by atoms with van der Waals surface area (Å²) in [6.45, 7) is -1.19. The van der Waals surface area contributed by atoms with Crippen LogP contribution < -0.4 is 10.2 Å². The molecule has 0 spiro atoms. The maximum Gasteiger partial charge on any atom is 0.239 e. The van der Waals surface area contributed by atoms with Crippen LogP contribution in [0, 0.1) is 0 Å². The van der Waals surface area contributed by atoms with Gasteiger partial charge in [0.2, 0.25) is 17.5 Å². The van der Waals surface area contributed by atoms with Gasteiger partial charge in [-0.15, -0.1) is 0 Å². The second kappa shape index (κ2) is 11.4.